The lowest BCUT2D eigenvalue weighted by molar-refractivity contribution is 0.360. The Morgan fingerprint density at radius 3 is 2.18 bits per heavy atom. The molecule has 0 spiro atoms. The smallest absolute Gasteiger partial charge is 0.323 e. The fourth-order valence-electron chi connectivity index (χ4n) is 2.87. The molecule has 0 fully saturated rings. The van der Waals surface area contributed by atoms with Crippen LogP contribution in [-0.4, -0.2) is 27.7 Å². The monoisotopic (exact) mass is 430 g/mol. The molecule has 1 unspecified atom stereocenters. The number of aryl methyl sites for hydroxylation is 1. The third-order valence-corrected chi connectivity index (χ3v) is 8.10. The van der Waals surface area contributed by atoms with E-state index in [0.717, 1.165) is 31.3 Å². The Balaban J connectivity index is 2.35. The highest BCUT2D eigenvalue weighted by molar-refractivity contribution is 7.93. The third kappa shape index (κ3) is 10.3. The van der Waals surface area contributed by atoms with Gasteiger partial charge in [-0.25, -0.2) is 0 Å². The molecular weight excluding hydrogens is 399 g/mol. The second-order valence-electron chi connectivity index (χ2n) is 7.11. The van der Waals surface area contributed by atoms with Crippen LogP contribution in [0.3, 0.4) is 0 Å². The molecule has 0 aromatic heterocycles. The molecule has 3 N–H and O–H groups in total. The first kappa shape index (κ1) is 24.8. The molecule has 1 rings (SSSR count). The summed E-state index contributed by atoms with van der Waals surface area (Å²) in [5.74, 6) is 0. The number of benzene rings is 1. The third-order valence-electron chi connectivity index (χ3n) is 4.55. The lowest BCUT2D eigenvalue weighted by Crippen LogP contribution is -2.20. The summed E-state index contributed by atoms with van der Waals surface area (Å²) in [6.45, 7) is 4.11. The van der Waals surface area contributed by atoms with Crippen molar-refractivity contribution >= 4 is 17.7 Å². The second-order valence-corrected chi connectivity index (χ2v) is 10.9. The van der Waals surface area contributed by atoms with Gasteiger partial charge in [0.2, 0.25) is 0 Å². The minimum absolute atomic E-state index is 0.272. The fourth-order valence-corrected chi connectivity index (χ4v) is 5.24. The topological polar surface area (TPSA) is 112 Å². The molecule has 0 saturated carbocycles. The van der Waals surface area contributed by atoms with Gasteiger partial charge in [0.05, 0.1) is 0 Å². The zero-order chi connectivity index (χ0) is 21.2. The Morgan fingerprint density at radius 2 is 1.61 bits per heavy atom. The van der Waals surface area contributed by atoms with Gasteiger partial charge in [-0.15, -0.1) is 0 Å². The van der Waals surface area contributed by atoms with E-state index in [9.17, 15) is 13.0 Å². The van der Waals surface area contributed by atoms with Crippen molar-refractivity contribution in [3.63, 3.8) is 0 Å². The fraction of sp³-hybridized carbons (Fsp3) is 0.500. The SMILES string of the molecule is CC(=CCC/C(C)=C/CCCC(P(=O)(O)O)S(=O)(=O)O)CCc1ccccc1. The first-order valence-corrected chi connectivity index (χ1v) is 12.6. The van der Waals surface area contributed by atoms with Gasteiger partial charge in [-0.2, -0.15) is 8.42 Å². The van der Waals surface area contributed by atoms with E-state index in [0.29, 0.717) is 6.42 Å². The van der Waals surface area contributed by atoms with E-state index in [-0.39, 0.29) is 12.8 Å². The minimum Gasteiger partial charge on any atom is -0.323 e. The molecule has 0 saturated heterocycles. The number of hydrogen-bond donors (Lipinski definition) is 3. The van der Waals surface area contributed by atoms with E-state index in [2.05, 4.69) is 25.1 Å². The van der Waals surface area contributed by atoms with E-state index in [1.54, 1.807) is 0 Å². The van der Waals surface area contributed by atoms with Crippen LogP contribution in [0.5, 0.6) is 0 Å². The van der Waals surface area contributed by atoms with Gasteiger partial charge in [0.1, 0.15) is 0 Å². The molecule has 0 amide bonds. The molecule has 0 aliphatic carbocycles. The summed E-state index contributed by atoms with van der Waals surface area (Å²) in [6.07, 6.45) is 8.52. The van der Waals surface area contributed by atoms with Crippen LogP contribution < -0.4 is 0 Å². The van der Waals surface area contributed by atoms with Gasteiger partial charge in [-0.3, -0.25) is 9.12 Å². The maximum absolute atomic E-state index is 11.2. The van der Waals surface area contributed by atoms with E-state index in [4.69, 9.17) is 14.3 Å². The number of unbranched alkanes of at least 4 members (excludes halogenated alkanes) is 1. The predicted molar refractivity (Wildman–Crippen MR) is 113 cm³/mol. The van der Waals surface area contributed by atoms with Crippen LogP contribution in [0.4, 0.5) is 0 Å². The van der Waals surface area contributed by atoms with Crippen molar-refractivity contribution in [2.45, 2.75) is 63.8 Å². The van der Waals surface area contributed by atoms with Gasteiger partial charge in [0.15, 0.2) is 4.99 Å². The molecule has 0 heterocycles. The van der Waals surface area contributed by atoms with Crippen molar-refractivity contribution in [1.29, 1.82) is 0 Å². The lowest BCUT2D eigenvalue weighted by atomic mass is 10.0. The zero-order valence-corrected chi connectivity index (χ0v) is 18.2. The van der Waals surface area contributed by atoms with Gasteiger partial charge >= 0.3 is 7.60 Å². The largest absolute Gasteiger partial charge is 0.346 e. The van der Waals surface area contributed by atoms with Crippen LogP contribution in [0.1, 0.15) is 57.9 Å². The van der Waals surface area contributed by atoms with Crippen LogP contribution in [0.25, 0.3) is 0 Å². The van der Waals surface area contributed by atoms with Crippen LogP contribution >= 0.6 is 7.60 Å². The Kier molecular flexibility index (Phi) is 10.4. The zero-order valence-electron chi connectivity index (χ0n) is 16.5. The van der Waals surface area contributed by atoms with Crippen molar-refractivity contribution in [3.8, 4) is 0 Å². The molecular formula is C20H31O6PS. The molecule has 0 aliphatic rings. The summed E-state index contributed by atoms with van der Waals surface area (Å²) < 4.78 is 42.3. The second kappa shape index (κ2) is 11.7. The highest BCUT2D eigenvalue weighted by Crippen LogP contribution is 2.46. The molecule has 8 heteroatoms. The van der Waals surface area contributed by atoms with Crippen molar-refractivity contribution in [1.82, 2.24) is 0 Å². The van der Waals surface area contributed by atoms with Gasteiger partial charge in [-0.05, 0) is 64.4 Å². The molecule has 1 atom stereocenters. The Hall–Kier alpha value is -1.24. The normalized spacial score (nSPS) is 14.9. The average Bonchev–Trinajstić information content (AvgIpc) is 2.58. The minimum atomic E-state index is -4.89. The summed E-state index contributed by atoms with van der Waals surface area (Å²) >= 11 is 0. The van der Waals surface area contributed by atoms with Crippen molar-refractivity contribution in [3.05, 3.63) is 59.2 Å². The summed E-state index contributed by atoms with van der Waals surface area (Å²) in [5, 5.41) is 0. The average molecular weight is 431 g/mol. The van der Waals surface area contributed by atoms with Gasteiger partial charge in [-0.1, -0.05) is 53.6 Å². The van der Waals surface area contributed by atoms with E-state index in [1.807, 2.05) is 31.2 Å². The van der Waals surface area contributed by atoms with Crippen LogP contribution in [-0.2, 0) is 21.1 Å². The maximum atomic E-state index is 11.2. The maximum Gasteiger partial charge on any atom is 0.346 e. The Labute approximate surface area is 168 Å². The van der Waals surface area contributed by atoms with Crippen LogP contribution in [0, 0.1) is 0 Å². The molecule has 1 aromatic rings. The molecule has 1 aromatic carbocycles. The summed E-state index contributed by atoms with van der Waals surface area (Å²) in [6, 6.07) is 10.3. The molecule has 158 valence electrons. The number of hydrogen-bond acceptors (Lipinski definition) is 3. The van der Waals surface area contributed by atoms with E-state index in [1.165, 1.54) is 11.1 Å². The summed E-state index contributed by atoms with van der Waals surface area (Å²) in [5.41, 5.74) is 3.81. The van der Waals surface area contributed by atoms with Gasteiger partial charge in [0.25, 0.3) is 10.1 Å². The molecule has 0 bridgehead atoms. The van der Waals surface area contributed by atoms with Crippen molar-refractivity contribution in [2.75, 3.05) is 0 Å². The highest BCUT2D eigenvalue weighted by Gasteiger charge is 2.38. The Morgan fingerprint density at radius 1 is 1.04 bits per heavy atom. The van der Waals surface area contributed by atoms with Crippen molar-refractivity contribution in [2.24, 2.45) is 0 Å². The highest BCUT2D eigenvalue weighted by atomic mass is 32.2. The molecule has 28 heavy (non-hydrogen) atoms. The van der Waals surface area contributed by atoms with E-state index >= 15 is 0 Å². The Bertz CT molecular complexity index is 808. The number of rotatable bonds is 12. The lowest BCUT2D eigenvalue weighted by Gasteiger charge is -2.14. The quantitative estimate of drug-likeness (QED) is 0.189. The summed E-state index contributed by atoms with van der Waals surface area (Å²) in [4.78, 5) is 16.1. The first-order chi connectivity index (χ1) is 13.0. The van der Waals surface area contributed by atoms with E-state index < -0.39 is 22.7 Å². The van der Waals surface area contributed by atoms with Crippen LogP contribution in [0.2, 0.25) is 0 Å². The predicted octanol–water partition coefficient (Wildman–Crippen LogP) is 4.85. The molecule has 0 aliphatic heterocycles. The van der Waals surface area contributed by atoms with Crippen LogP contribution in [0.15, 0.2) is 53.6 Å². The first-order valence-electron chi connectivity index (χ1n) is 9.37. The van der Waals surface area contributed by atoms with Gasteiger partial charge < -0.3 is 9.79 Å². The standard InChI is InChI=1S/C20H31O6PS/c1-17(9-6-7-14-20(27(21,22)23)28(24,25)26)10-8-11-18(2)15-16-19-12-4-3-5-13-19/h3-5,9,11-13,20H,6-8,10,14-16H2,1-2H3,(H2,21,22,23)(H,24,25,26)/b17-9+,18-11?. The summed E-state index contributed by atoms with van der Waals surface area (Å²) in [7, 11) is -9.65. The molecule has 0 radical (unpaired) electrons. The molecule has 6 nitrogen and oxygen atoms in total. The van der Waals surface area contributed by atoms with Gasteiger partial charge in [0, 0.05) is 0 Å². The number of allylic oxidation sites excluding steroid dienone is 4. The van der Waals surface area contributed by atoms with Crippen molar-refractivity contribution < 1.29 is 27.3 Å².